The van der Waals surface area contributed by atoms with E-state index in [9.17, 15) is 16.8 Å². The van der Waals surface area contributed by atoms with Gasteiger partial charge >= 0.3 is 0 Å². The molecule has 0 fully saturated rings. The van der Waals surface area contributed by atoms with Gasteiger partial charge in [-0.15, -0.1) is 46.2 Å². The van der Waals surface area contributed by atoms with E-state index in [1.165, 1.54) is 34.8 Å². The number of nitrogens with zero attached hydrogens (tertiary/aromatic N) is 2. The molecule has 12 nitrogen and oxygen atoms in total. The maximum atomic E-state index is 13.6. The molecule has 4 aromatic carbocycles. The van der Waals surface area contributed by atoms with Crippen LogP contribution in [-0.2, 0) is 20.0 Å². The zero-order chi connectivity index (χ0) is 45.7. The molecule has 0 saturated carbocycles. The van der Waals surface area contributed by atoms with E-state index in [1.807, 2.05) is 97.4 Å². The largest absolute Gasteiger partial charge is 0.490 e. The molecule has 0 saturated heterocycles. The van der Waals surface area contributed by atoms with Crippen LogP contribution in [0.3, 0.4) is 0 Å². The van der Waals surface area contributed by atoms with Crippen LogP contribution in [0.2, 0.25) is 0 Å². The van der Waals surface area contributed by atoms with E-state index in [-0.39, 0.29) is 9.79 Å². The normalized spacial score (nSPS) is 14.7. The fourth-order valence-corrected chi connectivity index (χ4v) is 13.5. The Bertz CT molecular complexity index is 2950. The molecule has 0 spiro atoms. The number of aromatic nitrogens is 2. The summed E-state index contributed by atoms with van der Waals surface area (Å²) in [6.07, 6.45) is 8.97. The second-order valence-corrected chi connectivity index (χ2v) is 22.3. The fraction of sp³-hybridized carbons (Fsp3) is 0.208. The van der Waals surface area contributed by atoms with Crippen molar-refractivity contribution >= 4 is 86.7 Å². The topological polar surface area (TPSA) is 155 Å². The first-order valence-electron chi connectivity index (χ1n) is 20.9. The summed E-state index contributed by atoms with van der Waals surface area (Å²) >= 11 is 6.15. The molecule has 2 aliphatic rings. The molecule has 2 N–H and O–H groups in total. The number of fused-ring (bicyclic) bond motifs is 4. The standard InChI is InChI=1S/2C24H22N2O4S3/c2*1-31-21-8-3-2-7-18(21)23(22-14-16-6-4-11-25-24(16)32-22)26-33(27,28)17-9-10-19-20(15-17)30-13-5-12-29-19/h2*2-4,6-11,14-15,23,26H,5,12-13H2,1H3/t2*23-/m10/s1. The highest BCUT2D eigenvalue weighted by molar-refractivity contribution is 7.99. The van der Waals surface area contributed by atoms with Crippen LogP contribution in [0.1, 0.15) is 45.8 Å². The third-order valence-corrected chi connectivity index (χ3v) is 17.4. The van der Waals surface area contributed by atoms with E-state index in [0.717, 1.165) is 63.9 Å². The number of ether oxygens (including phenoxy) is 4. The van der Waals surface area contributed by atoms with E-state index in [1.54, 1.807) is 60.2 Å². The Balaban J connectivity index is 0.000000166. The fourth-order valence-electron chi connectivity index (χ4n) is 7.50. The van der Waals surface area contributed by atoms with Crippen LogP contribution in [0.25, 0.3) is 20.4 Å². The molecular weight excluding hydrogens is 953 g/mol. The highest BCUT2D eigenvalue weighted by atomic mass is 32.2. The number of sulfonamides is 2. The van der Waals surface area contributed by atoms with Crippen molar-refractivity contribution in [1.29, 1.82) is 0 Å². The number of thioether (sulfide) groups is 2. The molecule has 4 aromatic heterocycles. The summed E-state index contributed by atoms with van der Waals surface area (Å²) in [4.78, 5) is 14.7. The van der Waals surface area contributed by atoms with Gasteiger partial charge in [-0.05, 0) is 84.3 Å². The Morgan fingerprint density at radius 1 is 0.515 bits per heavy atom. The molecule has 66 heavy (non-hydrogen) atoms. The minimum Gasteiger partial charge on any atom is -0.490 e. The summed E-state index contributed by atoms with van der Waals surface area (Å²) in [5, 5.41) is 1.97. The van der Waals surface area contributed by atoms with Crippen LogP contribution in [0, 0.1) is 0 Å². The number of benzene rings is 4. The average Bonchev–Trinajstić information content (AvgIpc) is 3.80. The van der Waals surface area contributed by atoms with Crippen LogP contribution in [0.5, 0.6) is 23.0 Å². The zero-order valence-corrected chi connectivity index (χ0v) is 40.6. The second-order valence-electron chi connectivity index (χ2n) is 15.0. The van der Waals surface area contributed by atoms with E-state index >= 15 is 0 Å². The summed E-state index contributed by atoms with van der Waals surface area (Å²) in [7, 11) is -7.74. The van der Waals surface area contributed by atoms with Gasteiger partial charge < -0.3 is 18.9 Å². The average molecular weight is 997 g/mol. The second kappa shape index (κ2) is 20.4. The van der Waals surface area contributed by atoms with Gasteiger partial charge in [-0.3, -0.25) is 0 Å². The van der Waals surface area contributed by atoms with Crippen LogP contribution in [0.15, 0.2) is 153 Å². The number of pyridine rings is 2. The Morgan fingerprint density at radius 3 is 1.33 bits per heavy atom. The van der Waals surface area contributed by atoms with Crippen molar-refractivity contribution in [2.45, 2.75) is 44.5 Å². The van der Waals surface area contributed by atoms with Gasteiger partial charge in [0.2, 0.25) is 20.0 Å². The molecule has 10 rings (SSSR count). The Morgan fingerprint density at radius 2 is 0.924 bits per heavy atom. The number of thiophene rings is 2. The maximum absolute atomic E-state index is 13.6. The van der Waals surface area contributed by atoms with E-state index in [4.69, 9.17) is 18.9 Å². The molecular formula is C48H44N4O8S6. The Kier molecular flexibility index (Phi) is 14.2. The first kappa shape index (κ1) is 46.0. The summed E-state index contributed by atoms with van der Waals surface area (Å²) in [6, 6.07) is 35.8. The number of hydrogen-bond acceptors (Lipinski definition) is 14. The van der Waals surface area contributed by atoms with Gasteiger partial charge in [0, 0.05) is 67.7 Å². The quantitative estimate of drug-likeness (QED) is 0.112. The summed E-state index contributed by atoms with van der Waals surface area (Å²) < 4.78 is 82.8. The lowest BCUT2D eigenvalue weighted by Crippen LogP contribution is -2.29. The molecule has 0 radical (unpaired) electrons. The summed E-state index contributed by atoms with van der Waals surface area (Å²) in [5.41, 5.74) is 1.80. The van der Waals surface area contributed by atoms with Crippen molar-refractivity contribution in [3.8, 4) is 23.0 Å². The molecule has 8 aromatic rings. The highest BCUT2D eigenvalue weighted by Gasteiger charge is 2.29. The molecule has 2 atom stereocenters. The lowest BCUT2D eigenvalue weighted by atomic mass is 10.1. The number of nitrogens with one attached hydrogen (secondary N) is 2. The Hall–Kier alpha value is -5.18. The SMILES string of the molecule is CSc1ccccc1[C@@H](NS(=O)(=O)c1ccc2c(c1)OCCCO2)c1cc2cccnc2s1.CSc1ccccc1[C@H](NS(=O)(=O)c1ccc2c(c1)OCCCO2)c1cc2cccnc2s1. The predicted molar refractivity (Wildman–Crippen MR) is 264 cm³/mol. The lowest BCUT2D eigenvalue weighted by molar-refractivity contribution is 0.296. The third-order valence-electron chi connectivity index (χ3n) is 10.7. The van der Waals surface area contributed by atoms with Crippen molar-refractivity contribution in [2.24, 2.45) is 0 Å². The van der Waals surface area contributed by atoms with Crippen molar-refractivity contribution in [3.63, 3.8) is 0 Å². The zero-order valence-electron chi connectivity index (χ0n) is 35.7. The molecule has 2 aliphatic heterocycles. The molecule has 0 aliphatic carbocycles. The molecule has 18 heteroatoms. The third kappa shape index (κ3) is 10.2. The number of hydrogen-bond donors (Lipinski definition) is 2. The van der Waals surface area contributed by atoms with Crippen LogP contribution >= 0.6 is 46.2 Å². The lowest BCUT2D eigenvalue weighted by Gasteiger charge is -2.21. The van der Waals surface area contributed by atoms with E-state index in [2.05, 4.69) is 19.4 Å². The summed E-state index contributed by atoms with van der Waals surface area (Å²) in [5.74, 6) is 2.02. The Labute approximate surface area is 400 Å². The predicted octanol–water partition coefficient (Wildman–Crippen LogP) is 10.5. The van der Waals surface area contributed by atoms with Gasteiger partial charge in [0.15, 0.2) is 23.0 Å². The van der Waals surface area contributed by atoms with Gasteiger partial charge in [-0.2, -0.15) is 9.44 Å². The van der Waals surface area contributed by atoms with Crippen molar-refractivity contribution in [2.75, 3.05) is 38.9 Å². The minimum absolute atomic E-state index is 0.137. The van der Waals surface area contributed by atoms with Crippen molar-refractivity contribution in [1.82, 2.24) is 19.4 Å². The smallest absolute Gasteiger partial charge is 0.241 e. The number of rotatable bonds is 12. The first-order valence-corrected chi connectivity index (χ1v) is 27.9. The van der Waals surface area contributed by atoms with Crippen molar-refractivity contribution < 1.29 is 35.8 Å². The van der Waals surface area contributed by atoms with Gasteiger partial charge in [-0.25, -0.2) is 26.8 Å². The van der Waals surface area contributed by atoms with Gasteiger partial charge in [0.25, 0.3) is 0 Å². The van der Waals surface area contributed by atoms with Crippen LogP contribution in [-0.4, -0.2) is 65.7 Å². The van der Waals surface area contributed by atoms with E-state index < -0.39 is 32.1 Å². The van der Waals surface area contributed by atoms with E-state index in [0.29, 0.717) is 49.4 Å². The monoisotopic (exact) mass is 996 g/mol. The maximum Gasteiger partial charge on any atom is 0.241 e. The highest BCUT2D eigenvalue weighted by Crippen LogP contribution is 2.40. The van der Waals surface area contributed by atoms with Crippen molar-refractivity contribution in [3.05, 3.63) is 155 Å². The minimum atomic E-state index is -3.87. The van der Waals surface area contributed by atoms with Crippen LogP contribution in [0.4, 0.5) is 0 Å². The first-order chi connectivity index (χ1) is 32.1. The molecule has 340 valence electrons. The van der Waals surface area contributed by atoms with Gasteiger partial charge in [-0.1, -0.05) is 48.5 Å². The van der Waals surface area contributed by atoms with Gasteiger partial charge in [0.05, 0.1) is 48.3 Å². The summed E-state index contributed by atoms with van der Waals surface area (Å²) in [6.45, 7) is 2.07. The van der Waals surface area contributed by atoms with Gasteiger partial charge in [0.1, 0.15) is 9.66 Å². The molecule has 0 unspecified atom stereocenters. The molecule has 0 bridgehead atoms. The van der Waals surface area contributed by atoms with Crippen LogP contribution < -0.4 is 28.4 Å². The molecule has 0 amide bonds. The molecule has 6 heterocycles.